The molecular weight excluding hydrogens is 432 g/mol. The molecule has 4 saturated heterocycles. The molecule has 0 aromatic rings. The number of hydrogen-bond acceptors (Lipinski definition) is 6. The highest BCUT2D eigenvalue weighted by molar-refractivity contribution is 5.05. The molecule has 6 heteroatoms. The lowest BCUT2D eigenvalue weighted by Gasteiger charge is -2.42. The van der Waals surface area contributed by atoms with E-state index < -0.39 is 0 Å². The van der Waals surface area contributed by atoms with Gasteiger partial charge in [-0.3, -0.25) is 9.80 Å². The average Bonchev–Trinajstić information content (AvgIpc) is 3.83. The molecule has 6 nitrogen and oxygen atoms in total. The summed E-state index contributed by atoms with van der Waals surface area (Å²) in [6.07, 6.45) is 12.8. The zero-order valence-electron chi connectivity index (χ0n) is 22.9. The number of hydrogen-bond donors (Lipinski definition) is 1. The minimum atomic E-state index is 0.579. The molecule has 2 aliphatic carbocycles. The molecule has 0 atom stereocenters. The van der Waals surface area contributed by atoms with Crippen molar-refractivity contribution in [2.24, 2.45) is 11.8 Å². The summed E-state index contributed by atoms with van der Waals surface area (Å²) < 4.78 is 0. The van der Waals surface area contributed by atoms with Crippen LogP contribution in [0.2, 0.25) is 0 Å². The number of piperidine rings is 2. The smallest absolute Gasteiger partial charge is 0.0224 e. The summed E-state index contributed by atoms with van der Waals surface area (Å²) in [4.78, 5) is 14.1. The molecule has 0 unspecified atom stereocenters. The van der Waals surface area contributed by atoms with Crippen molar-refractivity contribution in [1.82, 2.24) is 29.8 Å². The van der Waals surface area contributed by atoms with Crippen molar-refractivity contribution in [3.05, 3.63) is 0 Å². The van der Waals surface area contributed by atoms with Crippen molar-refractivity contribution in [2.75, 3.05) is 98.2 Å². The minimum Gasteiger partial charge on any atom is -0.317 e. The van der Waals surface area contributed by atoms with E-state index in [-0.39, 0.29) is 0 Å². The molecule has 0 aromatic heterocycles. The fourth-order valence-electron chi connectivity index (χ4n) is 7.79. The molecule has 0 aromatic carbocycles. The maximum atomic E-state index is 3.52. The molecule has 2 saturated carbocycles. The first-order chi connectivity index (χ1) is 17.1. The summed E-state index contributed by atoms with van der Waals surface area (Å²) in [7, 11) is 0. The summed E-state index contributed by atoms with van der Waals surface area (Å²) in [6.45, 7) is 22.2. The van der Waals surface area contributed by atoms with Gasteiger partial charge in [-0.25, -0.2) is 0 Å². The molecule has 4 aliphatic heterocycles. The Kier molecular flexibility index (Phi) is 7.78. The topological polar surface area (TPSA) is 28.2 Å². The van der Waals surface area contributed by atoms with Crippen molar-refractivity contribution >= 4 is 0 Å². The van der Waals surface area contributed by atoms with Crippen molar-refractivity contribution < 1.29 is 0 Å². The fraction of sp³-hybridized carbons (Fsp3) is 1.00. The number of piperazine rings is 2. The van der Waals surface area contributed by atoms with E-state index in [4.69, 9.17) is 0 Å². The van der Waals surface area contributed by atoms with Gasteiger partial charge in [-0.05, 0) is 109 Å². The third-order valence-corrected chi connectivity index (χ3v) is 11.1. The lowest BCUT2D eigenvalue weighted by atomic mass is 9.95. The van der Waals surface area contributed by atoms with Gasteiger partial charge in [-0.1, -0.05) is 0 Å². The number of likely N-dealkylation sites (tertiary alicyclic amines) is 1. The highest BCUT2D eigenvalue weighted by Crippen LogP contribution is 2.45. The molecule has 0 radical (unpaired) electrons. The van der Waals surface area contributed by atoms with E-state index >= 15 is 0 Å². The summed E-state index contributed by atoms with van der Waals surface area (Å²) in [5.41, 5.74) is 1.16. The number of rotatable bonds is 9. The van der Waals surface area contributed by atoms with Gasteiger partial charge in [0, 0.05) is 76.5 Å². The Morgan fingerprint density at radius 1 is 0.600 bits per heavy atom. The quantitative estimate of drug-likeness (QED) is 0.538. The largest absolute Gasteiger partial charge is 0.317 e. The Hall–Kier alpha value is -0.240. The lowest BCUT2D eigenvalue weighted by Crippen LogP contribution is -2.53. The van der Waals surface area contributed by atoms with Crippen LogP contribution >= 0.6 is 0 Å². The molecule has 0 spiro atoms. The maximum Gasteiger partial charge on any atom is 0.0224 e. The summed E-state index contributed by atoms with van der Waals surface area (Å²) in [5, 5.41) is 3.52. The van der Waals surface area contributed by atoms with Gasteiger partial charge in [0.2, 0.25) is 0 Å². The molecule has 6 rings (SSSR count). The van der Waals surface area contributed by atoms with Crippen LogP contribution in [0.15, 0.2) is 0 Å². The van der Waals surface area contributed by atoms with Crippen molar-refractivity contribution in [2.45, 2.75) is 75.8 Å². The monoisotopic (exact) mass is 486 g/mol. The summed E-state index contributed by atoms with van der Waals surface area (Å²) in [5.74, 6) is 1.88. The van der Waals surface area contributed by atoms with Crippen LogP contribution in [-0.4, -0.2) is 134 Å². The Labute approximate surface area is 215 Å². The molecule has 6 fully saturated rings. The SMILES string of the molecule is CC1(N2CCN(CC3CCN(CCC4(N5CCN(CC6CCNCC6)CC5)CC4)CC3)CC2)CC1. The van der Waals surface area contributed by atoms with Gasteiger partial charge in [-0.2, -0.15) is 0 Å². The molecule has 200 valence electrons. The van der Waals surface area contributed by atoms with Crippen LogP contribution in [0.5, 0.6) is 0 Å². The molecular formula is C29H54N6. The van der Waals surface area contributed by atoms with E-state index in [2.05, 4.69) is 36.7 Å². The maximum absolute atomic E-state index is 3.52. The van der Waals surface area contributed by atoms with E-state index in [0.29, 0.717) is 11.1 Å². The molecule has 4 heterocycles. The van der Waals surface area contributed by atoms with Crippen LogP contribution in [0.1, 0.15) is 64.7 Å². The Morgan fingerprint density at radius 3 is 1.69 bits per heavy atom. The van der Waals surface area contributed by atoms with Crippen LogP contribution in [0.3, 0.4) is 0 Å². The van der Waals surface area contributed by atoms with E-state index in [1.165, 1.54) is 156 Å². The van der Waals surface area contributed by atoms with Gasteiger partial charge in [-0.15, -0.1) is 0 Å². The van der Waals surface area contributed by atoms with Crippen molar-refractivity contribution in [3.63, 3.8) is 0 Å². The molecule has 6 aliphatic rings. The Balaban J connectivity index is 0.862. The van der Waals surface area contributed by atoms with Gasteiger partial charge in [0.05, 0.1) is 0 Å². The van der Waals surface area contributed by atoms with E-state index in [0.717, 1.165) is 11.8 Å². The lowest BCUT2D eigenvalue weighted by molar-refractivity contribution is 0.0554. The van der Waals surface area contributed by atoms with Crippen LogP contribution in [0.4, 0.5) is 0 Å². The number of nitrogens with one attached hydrogen (secondary N) is 1. The first-order valence-electron chi connectivity index (χ1n) is 15.5. The van der Waals surface area contributed by atoms with Crippen molar-refractivity contribution in [1.29, 1.82) is 0 Å². The van der Waals surface area contributed by atoms with Crippen LogP contribution in [0, 0.1) is 11.8 Å². The van der Waals surface area contributed by atoms with E-state index in [1.807, 2.05) is 0 Å². The normalized spacial score (nSPS) is 32.1. The third-order valence-electron chi connectivity index (χ3n) is 11.1. The molecule has 0 amide bonds. The average molecular weight is 487 g/mol. The van der Waals surface area contributed by atoms with Gasteiger partial charge < -0.3 is 20.0 Å². The van der Waals surface area contributed by atoms with E-state index in [1.54, 1.807) is 0 Å². The van der Waals surface area contributed by atoms with Gasteiger partial charge >= 0.3 is 0 Å². The predicted octanol–water partition coefficient (Wildman–Crippen LogP) is 2.41. The molecule has 0 bridgehead atoms. The van der Waals surface area contributed by atoms with Crippen LogP contribution < -0.4 is 5.32 Å². The van der Waals surface area contributed by atoms with Crippen molar-refractivity contribution in [3.8, 4) is 0 Å². The predicted molar refractivity (Wildman–Crippen MR) is 145 cm³/mol. The first kappa shape index (κ1) is 25.1. The van der Waals surface area contributed by atoms with Crippen LogP contribution in [0.25, 0.3) is 0 Å². The van der Waals surface area contributed by atoms with E-state index in [9.17, 15) is 0 Å². The Morgan fingerprint density at radius 2 is 1.14 bits per heavy atom. The first-order valence-corrected chi connectivity index (χ1v) is 15.5. The second-order valence-electron chi connectivity index (χ2n) is 13.5. The minimum absolute atomic E-state index is 0.579. The van der Waals surface area contributed by atoms with Gasteiger partial charge in [0.1, 0.15) is 0 Å². The molecule has 35 heavy (non-hydrogen) atoms. The summed E-state index contributed by atoms with van der Waals surface area (Å²) in [6, 6.07) is 0. The highest BCUT2D eigenvalue weighted by atomic mass is 15.3. The third kappa shape index (κ3) is 6.26. The second kappa shape index (κ2) is 10.9. The van der Waals surface area contributed by atoms with Gasteiger partial charge in [0.25, 0.3) is 0 Å². The standard InChI is InChI=1S/C29H54N6/c1-28(6-7-28)34-20-16-32(17-21-34)25-27-4-13-31(14-5-27)15-10-29(8-9-29)35-22-18-33(19-23-35)24-26-2-11-30-12-3-26/h26-27,30H,2-25H2,1H3. The van der Waals surface area contributed by atoms with Crippen LogP contribution in [-0.2, 0) is 0 Å². The Bertz CT molecular complexity index is 661. The summed E-state index contributed by atoms with van der Waals surface area (Å²) >= 11 is 0. The number of nitrogens with zero attached hydrogens (tertiary/aromatic N) is 5. The fourth-order valence-corrected chi connectivity index (χ4v) is 7.79. The second-order valence-corrected chi connectivity index (χ2v) is 13.5. The zero-order valence-corrected chi connectivity index (χ0v) is 22.9. The highest BCUT2D eigenvalue weighted by Gasteiger charge is 2.48. The zero-order chi connectivity index (χ0) is 23.7. The van der Waals surface area contributed by atoms with Gasteiger partial charge in [0.15, 0.2) is 0 Å². The molecule has 1 N–H and O–H groups in total.